The van der Waals surface area contributed by atoms with Gasteiger partial charge in [0.1, 0.15) is 0 Å². The molecule has 1 unspecified atom stereocenters. The predicted molar refractivity (Wildman–Crippen MR) is 103 cm³/mol. The number of aromatic nitrogens is 1. The number of hydrogen-bond acceptors (Lipinski definition) is 7. The van der Waals surface area contributed by atoms with Gasteiger partial charge < -0.3 is 5.32 Å². The maximum Gasteiger partial charge on any atom is 0.254 e. The Hall–Kier alpha value is -1.82. The third-order valence-corrected chi connectivity index (χ3v) is 9.61. The van der Waals surface area contributed by atoms with Crippen molar-refractivity contribution in [3.05, 3.63) is 42.1 Å². The van der Waals surface area contributed by atoms with Gasteiger partial charge in [0.15, 0.2) is 19.2 Å². The third-order valence-electron chi connectivity index (χ3n) is 4.23. The molecule has 2 heterocycles. The maximum absolute atomic E-state index is 12.9. The van der Waals surface area contributed by atoms with Crippen LogP contribution in [0.15, 0.2) is 40.7 Å². The third kappa shape index (κ3) is 4.37. The van der Waals surface area contributed by atoms with Crippen LogP contribution in [0.3, 0.4) is 0 Å². The maximum atomic E-state index is 12.9. The Bertz CT molecular complexity index is 1030. The number of carbonyl (C=O) groups excluding carboxylic acids is 1. The Morgan fingerprint density at radius 1 is 1.26 bits per heavy atom. The number of nitrogens with one attached hydrogen (secondary N) is 1. The van der Waals surface area contributed by atoms with Crippen molar-refractivity contribution < 1.29 is 21.6 Å². The molecule has 1 aromatic carbocycles. The van der Waals surface area contributed by atoms with Crippen LogP contribution < -0.4 is 5.32 Å². The molecular formula is C16H19N3O5S3. The summed E-state index contributed by atoms with van der Waals surface area (Å²) < 4.78 is 52.2. The lowest BCUT2D eigenvalue weighted by molar-refractivity contribution is -0.114. The first-order valence-electron chi connectivity index (χ1n) is 8.20. The summed E-state index contributed by atoms with van der Waals surface area (Å²) in [6, 6.07) is 8.83. The second-order valence-electron chi connectivity index (χ2n) is 6.12. The van der Waals surface area contributed by atoms with Gasteiger partial charge in [-0.1, -0.05) is 41.7 Å². The van der Waals surface area contributed by atoms with Crippen molar-refractivity contribution in [3.8, 4) is 0 Å². The summed E-state index contributed by atoms with van der Waals surface area (Å²) in [5.41, 5.74) is 0.669. The van der Waals surface area contributed by atoms with E-state index in [-0.39, 0.29) is 40.5 Å². The molecule has 0 bridgehead atoms. The molecule has 0 saturated carbocycles. The standard InChI is InChI=1S/C16H19N3O5S3/c1-12(20)18-16-17-11-15(25-16)27(23,24)19-8-7-14(26(21,22)10-9-19)13-5-3-2-4-6-13/h2-6,11,14H,7-10H2,1H3,(H,17,18,20). The van der Waals surface area contributed by atoms with Crippen molar-refractivity contribution in [2.45, 2.75) is 22.8 Å². The van der Waals surface area contributed by atoms with Gasteiger partial charge in [0, 0.05) is 20.0 Å². The number of benzene rings is 1. The van der Waals surface area contributed by atoms with Gasteiger partial charge in [-0.15, -0.1) is 0 Å². The van der Waals surface area contributed by atoms with Crippen molar-refractivity contribution >= 4 is 42.2 Å². The van der Waals surface area contributed by atoms with E-state index in [1.165, 1.54) is 17.4 Å². The summed E-state index contributed by atoms with van der Waals surface area (Å²) in [6.45, 7) is 1.29. The Labute approximate surface area is 162 Å². The summed E-state index contributed by atoms with van der Waals surface area (Å²) in [5.74, 6) is -0.594. The second kappa shape index (κ2) is 7.66. The highest BCUT2D eigenvalue weighted by Crippen LogP contribution is 2.32. The van der Waals surface area contributed by atoms with Crippen LogP contribution in [0.25, 0.3) is 0 Å². The summed E-state index contributed by atoms with van der Waals surface area (Å²) in [6.07, 6.45) is 1.36. The minimum atomic E-state index is -3.88. The Morgan fingerprint density at radius 3 is 2.63 bits per heavy atom. The highest BCUT2D eigenvalue weighted by Gasteiger charge is 2.36. The van der Waals surface area contributed by atoms with Gasteiger partial charge in [-0.05, 0) is 12.0 Å². The minimum absolute atomic E-state index is 0.0261. The molecular weight excluding hydrogens is 410 g/mol. The Balaban J connectivity index is 1.84. The molecule has 1 aliphatic heterocycles. The van der Waals surface area contributed by atoms with E-state index in [4.69, 9.17) is 0 Å². The summed E-state index contributed by atoms with van der Waals surface area (Å²) >= 11 is 0.844. The zero-order valence-electron chi connectivity index (χ0n) is 14.5. The zero-order valence-corrected chi connectivity index (χ0v) is 17.0. The topological polar surface area (TPSA) is 114 Å². The lowest BCUT2D eigenvalue weighted by Gasteiger charge is -2.18. The van der Waals surface area contributed by atoms with E-state index in [2.05, 4.69) is 10.3 Å². The van der Waals surface area contributed by atoms with Gasteiger partial charge in [0.05, 0.1) is 17.2 Å². The average molecular weight is 430 g/mol. The molecule has 27 heavy (non-hydrogen) atoms. The fourth-order valence-corrected chi connectivity index (χ4v) is 7.52. The number of thiazole rings is 1. The number of sulfone groups is 1. The number of carbonyl (C=O) groups is 1. The molecule has 3 rings (SSSR count). The van der Waals surface area contributed by atoms with Crippen molar-refractivity contribution in [2.75, 3.05) is 24.2 Å². The normalized spacial score (nSPS) is 20.7. The number of sulfonamides is 1. The van der Waals surface area contributed by atoms with E-state index >= 15 is 0 Å². The quantitative estimate of drug-likeness (QED) is 0.791. The highest BCUT2D eigenvalue weighted by molar-refractivity contribution is 7.92. The predicted octanol–water partition coefficient (Wildman–Crippen LogP) is 1.65. The van der Waals surface area contributed by atoms with Crippen LogP contribution in [0, 0.1) is 0 Å². The van der Waals surface area contributed by atoms with E-state index < -0.39 is 25.1 Å². The minimum Gasteiger partial charge on any atom is -0.302 e. The molecule has 1 fully saturated rings. The average Bonchev–Trinajstić information content (AvgIpc) is 3.00. The molecule has 0 spiro atoms. The molecule has 1 N–H and O–H groups in total. The molecule has 8 nitrogen and oxygen atoms in total. The molecule has 0 aliphatic carbocycles. The second-order valence-corrected chi connectivity index (χ2v) is 11.6. The molecule has 1 saturated heterocycles. The highest BCUT2D eigenvalue weighted by atomic mass is 32.2. The van der Waals surface area contributed by atoms with Crippen LogP contribution >= 0.6 is 11.3 Å². The van der Waals surface area contributed by atoms with Crippen LogP contribution in [0.2, 0.25) is 0 Å². The fourth-order valence-electron chi connectivity index (χ4n) is 2.92. The van der Waals surface area contributed by atoms with Crippen LogP contribution in [-0.4, -0.2) is 50.9 Å². The zero-order chi connectivity index (χ0) is 19.7. The largest absolute Gasteiger partial charge is 0.302 e. The van der Waals surface area contributed by atoms with E-state index in [1.807, 2.05) is 0 Å². The SMILES string of the molecule is CC(=O)Nc1ncc(S(=O)(=O)N2CCC(c3ccccc3)S(=O)(=O)CC2)s1. The van der Waals surface area contributed by atoms with Gasteiger partial charge in [0.2, 0.25) is 5.91 Å². The number of rotatable bonds is 4. The van der Waals surface area contributed by atoms with Gasteiger partial charge in [-0.25, -0.2) is 21.8 Å². The first-order valence-corrected chi connectivity index (χ1v) is 12.2. The summed E-state index contributed by atoms with van der Waals surface area (Å²) in [4.78, 5) is 15.0. The Morgan fingerprint density at radius 2 is 1.96 bits per heavy atom. The van der Waals surface area contributed by atoms with E-state index in [0.29, 0.717) is 5.56 Å². The lowest BCUT2D eigenvalue weighted by Crippen LogP contribution is -2.33. The summed E-state index contributed by atoms with van der Waals surface area (Å²) in [7, 11) is -7.36. The smallest absolute Gasteiger partial charge is 0.254 e. The number of amides is 1. The van der Waals surface area contributed by atoms with Crippen molar-refractivity contribution in [3.63, 3.8) is 0 Å². The first-order chi connectivity index (χ1) is 12.7. The lowest BCUT2D eigenvalue weighted by atomic mass is 10.1. The molecule has 2 aromatic rings. The van der Waals surface area contributed by atoms with Crippen molar-refractivity contribution in [1.82, 2.24) is 9.29 Å². The molecule has 1 atom stereocenters. The van der Waals surface area contributed by atoms with Gasteiger partial charge in [-0.3, -0.25) is 4.79 Å². The van der Waals surface area contributed by atoms with Crippen LogP contribution in [0.1, 0.15) is 24.2 Å². The molecule has 11 heteroatoms. The van der Waals surface area contributed by atoms with E-state index in [9.17, 15) is 21.6 Å². The molecule has 0 radical (unpaired) electrons. The molecule has 1 aromatic heterocycles. The molecule has 1 aliphatic rings. The van der Waals surface area contributed by atoms with Crippen LogP contribution in [0.4, 0.5) is 5.13 Å². The molecule has 1 amide bonds. The Kier molecular flexibility index (Phi) is 5.65. The van der Waals surface area contributed by atoms with Gasteiger partial charge in [-0.2, -0.15) is 4.31 Å². The first kappa shape index (κ1) is 19.9. The summed E-state index contributed by atoms with van der Waals surface area (Å²) in [5, 5.41) is 1.90. The number of hydrogen-bond donors (Lipinski definition) is 1. The molecule has 146 valence electrons. The number of nitrogens with zero attached hydrogens (tertiary/aromatic N) is 2. The number of anilines is 1. The monoisotopic (exact) mass is 429 g/mol. The van der Waals surface area contributed by atoms with Crippen molar-refractivity contribution in [1.29, 1.82) is 0 Å². The van der Waals surface area contributed by atoms with Crippen molar-refractivity contribution in [2.24, 2.45) is 0 Å². The van der Waals surface area contributed by atoms with E-state index in [1.54, 1.807) is 30.3 Å². The van der Waals surface area contributed by atoms with Gasteiger partial charge >= 0.3 is 0 Å². The van der Waals surface area contributed by atoms with E-state index in [0.717, 1.165) is 11.3 Å². The fraction of sp³-hybridized carbons (Fsp3) is 0.375. The van der Waals surface area contributed by atoms with Gasteiger partial charge in [0.25, 0.3) is 10.0 Å². The van der Waals surface area contributed by atoms with Crippen LogP contribution in [0.5, 0.6) is 0 Å². The van der Waals surface area contributed by atoms with Crippen LogP contribution in [-0.2, 0) is 24.7 Å².